The molecule has 0 atom stereocenters. The molecule has 0 N–H and O–H groups in total. The van der Waals surface area contributed by atoms with E-state index in [2.05, 4.69) is 27.3 Å². The van der Waals surface area contributed by atoms with E-state index in [0.717, 1.165) is 0 Å². The van der Waals surface area contributed by atoms with Crippen molar-refractivity contribution in [3.8, 4) is 0 Å². The van der Waals surface area contributed by atoms with Gasteiger partial charge in [-0.15, -0.1) is 0 Å². The predicted octanol–water partition coefficient (Wildman–Crippen LogP) is 0.571. The van der Waals surface area contributed by atoms with Crippen molar-refractivity contribution in [2.75, 3.05) is 0 Å². The molecule has 6 nitrogen and oxygen atoms in total. The van der Waals surface area contributed by atoms with Gasteiger partial charge in [-0.2, -0.15) is 0 Å². The molecule has 0 fully saturated rings. The predicted molar refractivity (Wildman–Crippen MR) is 29.8 cm³/mol. The van der Waals surface area contributed by atoms with Gasteiger partial charge in [-0.3, -0.25) is 0 Å². The van der Waals surface area contributed by atoms with Crippen LogP contribution in [0.1, 0.15) is 0 Å². The molecule has 0 saturated carbocycles. The van der Waals surface area contributed by atoms with E-state index in [1.54, 1.807) is 0 Å². The van der Waals surface area contributed by atoms with Gasteiger partial charge in [0.2, 0.25) is 0 Å². The summed E-state index contributed by atoms with van der Waals surface area (Å²) >= 11 is 5.75. The SMILES string of the molecule is [C-]#N.[C-]#N.[C-]#N.[C-]#N.[C-]#N.[C-]#N.[Mn]=[Fe].[Ni+2]. The van der Waals surface area contributed by atoms with E-state index in [1.165, 1.54) is 0 Å². The molecule has 0 bridgehead atoms. The van der Waals surface area contributed by atoms with E-state index in [9.17, 15) is 0 Å². The largest absolute Gasteiger partial charge is 2.00 e. The van der Waals surface area contributed by atoms with Gasteiger partial charge >= 0.3 is 43.8 Å². The zero-order valence-corrected chi connectivity index (χ0v) is 10.0. The van der Waals surface area contributed by atoms with Crippen LogP contribution in [0.5, 0.6) is 0 Å². The number of rotatable bonds is 0. The molecule has 0 aromatic heterocycles. The minimum Gasteiger partial charge on any atom is 2.00 e. The maximum atomic E-state index is 6.25. The van der Waals surface area contributed by atoms with Gasteiger partial charge in [0.1, 0.15) is 0 Å². The second-order valence-electron chi connectivity index (χ2n) is 0. The summed E-state index contributed by atoms with van der Waals surface area (Å²) in [6.45, 7) is 28.5. The van der Waals surface area contributed by atoms with Crippen molar-refractivity contribution < 1.29 is 43.8 Å². The first kappa shape index (κ1) is 70.0. The fourth-order valence-electron chi connectivity index (χ4n) is 0. The van der Waals surface area contributed by atoms with Gasteiger partial charge in [0, 0.05) is 0 Å². The van der Waals surface area contributed by atoms with Crippen molar-refractivity contribution in [2.45, 2.75) is 0 Å². The van der Waals surface area contributed by atoms with E-state index in [4.69, 9.17) is 71.0 Å². The van der Waals surface area contributed by atoms with Crippen molar-refractivity contribution in [1.82, 2.24) is 0 Å². The van der Waals surface area contributed by atoms with Crippen LogP contribution < -0.4 is 0 Å². The van der Waals surface area contributed by atoms with Crippen LogP contribution in [0, 0.1) is 71.0 Å². The first-order chi connectivity index (χ1) is 7.00. The molecule has 0 aromatic rings. The van der Waals surface area contributed by atoms with Crippen molar-refractivity contribution in [2.24, 2.45) is 0 Å². The van der Waals surface area contributed by atoms with Gasteiger partial charge in [-0.05, 0) is 0 Å². The Labute approximate surface area is 114 Å². The maximum absolute atomic E-state index is 6.25. The molecule has 0 aliphatic heterocycles. The van der Waals surface area contributed by atoms with Crippen molar-refractivity contribution in [3.05, 3.63) is 39.4 Å². The van der Waals surface area contributed by atoms with Crippen LogP contribution >= 0.6 is 0 Å². The molecule has 0 aromatic carbocycles. The van der Waals surface area contributed by atoms with Crippen LogP contribution in [0.4, 0.5) is 0 Å². The van der Waals surface area contributed by atoms with Crippen LogP contribution in [-0.4, -0.2) is 0 Å². The maximum Gasteiger partial charge on any atom is 2.00 e. The Hall–Kier alpha value is -1.53. The van der Waals surface area contributed by atoms with E-state index in [1.807, 2.05) is 0 Å². The number of hydrogen-bond acceptors (Lipinski definition) is 6. The van der Waals surface area contributed by atoms with Crippen molar-refractivity contribution in [1.29, 1.82) is 31.6 Å². The molecular weight excluding hydrogens is 326 g/mol. The molecule has 0 aliphatic carbocycles. The first-order valence-electron chi connectivity index (χ1n) is 1.48. The zero-order valence-electron chi connectivity index (χ0n) is 6.73. The molecule has 0 spiro atoms. The summed E-state index contributed by atoms with van der Waals surface area (Å²) in [4.78, 5) is 0. The zero-order chi connectivity index (χ0) is 14.0. The Morgan fingerprint density at radius 2 is 0.467 bits per heavy atom. The molecule has 15 heavy (non-hydrogen) atoms. The Kier molecular flexibility index (Phi) is 3280. The smallest absolute Gasteiger partial charge is 2.00 e. The molecule has 0 unspecified atom stereocenters. The fraction of sp³-hybridized carbons (Fsp3) is 0. The Morgan fingerprint density at radius 1 is 0.467 bits per heavy atom. The van der Waals surface area contributed by atoms with Gasteiger partial charge in [-0.25, -0.2) is 0 Å². The second-order valence-corrected chi connectivity index (χ2v) is 0. The number of nitrogens with zero attached hydrogens (tertiary/aromatic N) is 6. The Balaban J connectivity index is -0.00000000628. The van der Waals surface area contributed by atoms with Gasteiger partial charge < -0.3 is 71.0 Å². The van der Waals surface area contributed by atoms with E-state index < -0.39 is 0 Å². The van der Waals surface area contributed by atoms with Gasteiger partial charge in [0.15, 0.2) is 0 Å². The van der Waals surface area contributed by atoms with Crippen LogP contribution in [0.2, 0.25) is 0 Å². The van der Waals surface area contributed by atoms with E-state index in [0.29, 0.717) is 0 Å². The topological polar surface area (TPSA) is 143 Å². The molecule has 0 rings (SSSR count). The Bertz CT molecular complexity index is 114. The van der Waals surface area contributed by atoms with Gasteiger partial charge in [0.25, 0.3) is 0 Å². The van der Waals surface area contributed by atoms with Crippen LogP contribution in [0.25, 0.3) is 0 Å². The molecule has 0 heterocycles. The summed E-state index contributed by atoms with van der Waals surface area (Å²) < 4.78 is 0. The summed E-state index contributed by atoms with van der Waals surface area (Å²) in [6, 6.07) is 0. The quantitative estimate of drug-likeness (QED) is 0.470. The molecule has 0 saturated heterocycles. The summed E-state index contributed by atoms with van der Waals surface area (Å²) in [6.07, 6.45) is 0. The minimum atomic E-state index is 0. The average Bonchev–Trinajstić information content (AvgIpc) is 2.45. The standard InChI is InChI=1S/6CN.Fe.Mn.Ni/c6*1-2;;;/q6*-1;;;+2. The summed E-state index contributed by atoms with van der Waals surface area (Å²) in [5, 5.41) is 37.5. The van der Waals surface area contributed by atoms with Crippen molar-refractivity contribution in [3.63, 3.8) is 0 Å². The van der Waals surface area contributed by atoms with Gasteiger partial charge in [-0.1, -0.05) is 0 Å². The summed E-state index contributed by atoms with van der Waals surface area (Å²) in [5.41, 5.74) is 0. The van der Waals surface area contributed by atoms with Crippen molar-refractivity contribution >= 4 is 0 Å². The normalized spacial score (nSPS) is 1.13. The third-order valence-electron chi connectivity index (χ3n) is 0. The van der Waals surface area contributed by atoms with Gasteiger partial charge in [0.05, 0.1) is 0 Å². The molecule has 0 radical (unpaired) electrons. The summed E-state index contributed by atoms with van der Waals surface area (Å²) in [7, 11) is 0. The second kappa shape index (κ2) is 704. The van der Waals surface area contributed by atoms with Crippen LogP contribution in [-0.2, 0) is 43.8 Å². The fourth-order valence-corrected chi connectivity index (χ4v) is 0. The molecule has 0 aliphatic rings. The third-order valence-corrected chi connectivity index (χ3v) is 0. The van der Waals surface area contributed by atoms with Crippen LogP contribution in [0.15, 0.2) is 0 Å². The first-order valence-corrected chi connectivity index (χ1v) is 3.61. The van der Waals surface area contributed by atoms with Crippen LogP contribution in [0.3, 0.4) is 0 Å². The summed E-state index contributed by atoms with van der Waals surface area (Å²) in [5.74, 6) is 0. The molecule has 0 amide bonds. The number of hydrogen-bond donors (Lipinski definition) is 0. The third kappa shape index (κ3) is 586. The minimum absolute atomic E-state index is 0. The van der Waals surface area contributed by atoms with E-state index >= 15 is 0 Å². The van der Waals surface area contributed by atoms with E-state index in [-0.39, 0.29) is 16.5 Å². The Morgan fingerprint density at radius 3 is 0.467 bits per heavy atom. The molecule has 9 heteroatoms. The molecule has 83 valence electrons. The molecular formula is C6FeMnN6Ni-4. The monoisotopic (exact) mass is 325 g/mol. The average molecular weight is 326 g/mol.